The highest BCUT2D eigenvalue weighted by Gasteiger charge is 2.07. The van der Waals surface area contributed by atoms with Crippen LogP contribution in [-0.2, 0) is 6.54 Å². The van der Waals surface area contributed by atoms with Crippen LogP contribution < -0.4 is 11.1 Å². The first-order valence-electron chi connectivity index (χ1n) is 5.36. The lowest BCUT2D eigenvalue weighted by atomic mass is 10.2. The molecule has 0 radical (unpaired) electrons. The van der Waals surface area contributed by atoms with Crippen molar-refractivity contribution < 1.29 is 4.79 Å². The number of nitrogens with one attached hydrogen (secondary N) is 1. The number of hydrogen-bond donors (Lipinski definition) is 2. The van der Waals surface area contributed by atoms with E-state index in [1.165, 1.54) is 0 Å². The highest BCUT2D eigenvalue weighted by atomic mass is 16.1. The molecule has 1 aromatic carbocycles. The zero-order valence-electron chi connectivity index (χ0n) is 9.34. The van der Waals surface area contributed by atoms with Crippen LogP contribution in [0.2, 0.25) is 0 Å². The maximum Gasteiger partial charge on any atom is 0.253 e. The quantitative estimate of drug-likeness (QED) is 0.766. The van der Waals surface area contributed by atoms with Gasteiger partial charge in [-0.05, 0) is 12.1 Å². The van der Waals surface area contributed by atoms with Crippen molar-refractivity contribution in [3.05, 3.63) is 48.5 Å². The van der Waals surface area contributed by atoms with Gasteiger partial charge in [-0.2, -0.15) is 0 Å². The molecule has 17 heavy (non-hydrogen) atoms. The van der Waals surface area contributed by atoms with E-state index < -0.39 is 0 Å². The lowest BCUT2D eigenvalue weighted by Crippen LogP contribution is -2.27. The van der Waals surface area contributed by atoms with Crippen molar-refractivity contribution in [3.8, 4) is 0 Å². The number of nitrogens with two attached hydrogens (primary N) is 1. The molecule has 1 amide bonds. The lowest BCUT2D eigenvalue weighted by Gasteiger charge is -2.07. The molecule has 1 heterocycles. The third-order valence-corrected chi connectivity index (χ3v) is 2.42. The largest absolute Gasteiger partial charge is 0.398 e. The standard InChI is InChI=1S/C12H14N4O/c13-11-4-2-1-3-10(11)12(17)15-6-8-16-7-5-14-9-16/h1-5,7,9H,6,8,13H2,(H,15,17). The van der Waals surface area contributed by atoms with Crippen LogP contribution >= 0.6 is 0 Å². The van der Waals surface area contributed by atoms with Crippen LogP contribution in [-0.4, -0.2) is 22.0 Å². The summed E-state index contributed by atoms with van der Waals surface area (Å²) in [5, 5.41) is 2.81. The van der Waals surface area contributed by atoms with E-state index in [-0.39, 0.29) is 5.91 Å². The van der Waals surface area contributed by atoms with Gasteiger partial charge in [-0.1, -0.05) is 12.1 Å². The molecule has 0 fully saturated rings. The fourth-order valence-electron chi connectivity index (χ4n) is 1.52. The molecule has 0 bridgehead atoms. The van der Waals surface area contributed by atoms with Crippen LogP contribution in [0, 0.1) is 0 Å². The van der Waals surface area contributed by atoms with E-state index in [1.54, 1.807) is 36.8 Å². The summed E-state index contributed by atoms with van der Waals surface area (Å²) in [7, 11) is 0. The van der Waals surface area contributed by atoms with Gasteiger partial charge < -0.3 is 15.6 Å². The molecular formula is C12H14N4O. The first-order valence-corrected chi connectivity index (χ1v) is 5.36. The van der Waals surface area contributed by atoms with Crippen LogP contribution in [0.4, 0.5) is 5.69 Å². The predicted octanol–water partition coefficient (Wildman–Crippen LogP) is 0.895. The van der Waals surface area contributed by atoms with Crippen LogP contribution in [0.1, 0.15) is 10.4 Å². The maximum atomic E-state index is 11.8. The van der Waals surface area contributed by atoms with Gasteiger partial charge in [0, 0.05) is 31.2 Å². The number of anilines is 1. The van der Waals surface area contributed by atoms with Gasteiger partial charge in [-0.25, -0.2) is 4.98 Å². The molecule has 0 aliphatic heterocycles. The molecule has 0 saturated carbocycles. The molecule has 0 saturated heterocycles. The Morgan fingerprint density at radius 1 is 1.41 bits per heavy atom. The maximum absolute atomic E-state index is 11.8. The third-order valence-electron chi connectivity index (χ3n) is 2.42. The molecule has 5 nitrogen and oxygen atoms in total. The summed E-state index contributed by atoms with van der Waals surface area (Å²) in [6, 6.07) is 7.02. The Kier molecular flexibility index (Phi) is 3.40. The topological polar surface area (TPSA) is 72.9 Å². The Morgan fingerprint density at radius 2 is 2.24 bits per heavy atom. The second-order valence-electron chi connectivity index (χ2n) is 3.64. The van der Waals surface area contributed by atoms with E-state index in [1.807, 2.05) is 10.8 Å². The number of aromatic nitrogens is 2. The smallest absolute Gasteiger partial charge is 0.253 e. The molecule has 0 aliphatic rings. The average Bonchev–Trinajstić information content (AvgIpc) is 2.82. The highest BCUT2D eigenvalue weighted by molar-refractivity contribution is 5.98. The number of hydrogen-bond acceptors (Lipinski definition) is 3. The molecule has 88 valence electrons. The van der Waals surface area contributed by atoms with Gasteiger partial charge >= 0.3 is 0 Å². The second-order valence-corrected chi connectivity index (χ2v) is 3.64. The number of nitrogens with zero attached hydrogens (tertiary/aromatic N) is 2. The fourth-order valence-corrected chi connectivity index (χ4v) is 1.52. The van der Waals surface area contributed by atoms with Gasteiger partial charge in [0.05, 0.1) is 11.9 Å². The van der Waals surface area contributed by atoms with E-state index in [2.05, 4.69) is 10.3 Å². The van der Waals surface area contributed by atoms with E-state index in [9.17, 15) is 4.79 Å². The summed E-state index contributed by atoms with van der Waals surface area (Å²) in [6.07, 6.45) is 5.27. The number of imidazole rings is 1. The number of carbonyl (C=O) groups is 1. The number of nitrogen functional groups attached to an aromatic ring is 1. The summed E-state index contributed by atoms with van der Waals surface area (Å²) in [6.45, 7) is 1.24. The van der Waals surface area contributed by atoms with E-state index in [4.69, 9.17) is 5.73 Å². The van der Waals surface area contributed by atoms with Crippen LogP contribution in [0.3, 0.4) is 0 Å². The van der Waals surface area contributed by atoms with Gasteiger partial charge in [0.25, 0.3) is 5.91 Å². The zero-order valence-corrected chi connectivity index (χ0v) is 9.34. The summed E-state index contributed by atoms with van der Waals surface area (Å²) in [5.41, 5.74) is 6.72. The minimum Gasteiger partial charge on any atom is -0.398 e. The monoisotopic (exact) mass is 230 g/mol. The van der Waals surface area contributed by atoms with E-state index in [0.717, 1.165) is 0 Å². The summed E-state index contributed by atoms with van der Waals surface area (Å²) < 4.78 is 1.90. The first-order chi connectivity index (χ1) is 8.27. The summed E-state index contributed by atoms with van der Waals surface area (Å²) in [5.74, 6) is -0.150. The molecule has 3 N–H and O–H groups in total. The van der Waals surface area contributed by atoms with Crippen LogP contribution in [0.15, 0.2) is 43.0 Å². The van der Waals surface area contributed by atoms with Gasteiger partial charge in [0.1, 0.15) is 0 Å². The number of benzene rings is 1. The lowest BCUT2D eigenvalue weighted by molar-refractivity contribution is 0.0953. The molecule has 2 aromatic rings. The molecule has 0 atom stereocenters. The van der Waals surface area contributed by atoms with Gasteiger partial charge in [-0.15, -0.1) is 0 Å². The molecule has 0 unspecified atom stereocenters. The average molecular weight is 230 g/mol. The van der Waals surface area contributed by atoms with Crippen molar-refractivity contribution in [2.75, 3.05) is 12.3 Å². The number of para-hydroxylation sites is 1. The number of rotatable bonds is 4. The van der Waals surface area contributed by atoms with E-state index >= 15 is 0 Å². The fraction of sp³-hybridized carbons (Fsp3) is 0.167. The van der Waals surface area contributed by atoms with Gasteiger partial charge in [-0.3, -0.25) is 4.79 Å². The molecule has 0 spiro atoms. The van der Waals surface area contributed by atoms with Crippen LogP contribution in [0.5, 0.6) is 0 Å². The van der Waals surface area contributed by atoms with Crippen molar-refractivity contribution in [2.24, 2.45) is 0 Å². The predicted molar refractivity (Wildman–Crippen MR) is 65.4 cm³/mol. The second kappa shape index (κ2) is 5.16. The molecular weight excluding hydrogens is 216 g/mol. The first kappa shape index (κ1) is 11.2. The Labute approximate surface area is 99.3 Å². The SMILES string of the molecule is Nc1ccccc1C(=O)NCCn1ccnc1. The van der Waals surface area contributed by atoms with Gasteiger partial charge in [0.2, 0.25) is 0 Å². The minimum absolute atomic E-state index is 0.150. The highest BCUT2D eigenvalue weighted by Crippen LogP contribution is 2.09. The Bertz CT molecular complexity index is 493. The molecule has 1 aromatic heterocycles. The normalized spacial score (nSPS) is 10.1. The van der Waals surface area contributed by atoms with Crippen molar-refractivity contribution in [1.29, 1.82) is 0 Å². The minimum atomic E-state index is -0.150. The number of carbonyl (C=O) groups excluding carboxylic acids is 1. The van der Waals surface area contributed by atoms with Crippen molar-refractivity contribution >= 4 is 11.6 Å². The van der Waals surface area contributed by atoms with Crippen molar-refractivity contribution in [3.63, 3.8) is 0 Å². The Hall–Kier alpha value is -2.30. The zero-order chi connectivity index (χ0) is 12.1. The van der Waals surface area contributed by atoms with E-state index in [0.29, 0.717) is 24.3 Å². The van der Waals surface area contributed by atoms with Crippen molar-refractivity contribution in [1.82, 2.24) is 14.9 Å². The molecule has 2 rings (SSSR count). The van der Waals surface area contributed by atoms with Crippen LogP contribution in [0.25, 0.3) is 0 Å². The summed E-state index contributed by atoms with van der Waals surface area (Å²) in [4.78, 5) is 15.7. The third kappa shape index (κ3) is 2.84. The van der Waals surface area contributed by atoms with Gasteiger partial charge in [0.15, 0.2) is 0 Å². The molecule has 0 aliphatic carbocycles. The Morgan fingerprint density at radius 3 is 2.94 bits per heavy atom. The summed E-state index contributed by atoms with van der Waals surface area (Å²) >= 11 is 0. The molecule has 5 heteroatoms. The number of amides is 1. The van der Waals surface area contributed by atoms with Crippen molar-refractivity contribution in [2.45, 2.75) is 6.54 Å². The Balaban J connectivity index is 1.88.